The smallest absolute Gasteiger partial charge is 0.412 e. The summed E-state index contributed by atoms with van der Waals surface area (Å²) < 4.78 is 23.2. The molecule has 1 rings (SSSR count). The maximum Gasteiger partial charge on any atom is 0.412 e. The molecule has 0 fully saturated rings. The van der Waals surface area contributed by atoms with Crippen molar-refractivity contribution < 1.29 is 23.5 Å². The lowest BCUT2D eigenvalue weighted by atomic mass is 10.1. The van der Waals surface area contributed by atoms with E-state index in [9.17, 15) is 14.0 Å². The second-order valence-electron chi connectivity index (χ2n) is 4.93. The minimum atomic E-state index is -0.762. The Morgan fingerprint density at radius 3 is 2.40 bits per heavy atom. The second-order valence-corrected chi connectivity index (χ2v) is 5.78. The molecule has 1 aromatic carbocycles. The van der Waals surface area contributed by atoms with Gasteiger partial charge in [-0.15, -0.1) is 0 Å². The van der Waals surface area contributed by atoms with Gasteiger partial charge < -0.3 is 9.47 Å². The summed E-state index contributed by atoms with van der Waals surface area (Å²) in [5.74, 6) is -1.40. The predicted octanol–water partition coefficient (Wildman–Crippen LogP) is 3.72. The fraction of sp³-hybridized carbons (Fsp3) is 0.385. The highest BCUT2D eigenvalue weighted by Gasteiger charge is 2.21. The fourth-order valence-corrected chi connectivity index (χ4v) is 1.69. The van der Waals surface area contributed by atoms with Crippen molar-refractivity contribution in [1.82, 2.24) is 0 Å². The largest absolute Gasteiger partial charge is 0.465 e. The summed E-state index contributed by atoms with van der Waals surface area (Å²) in [5.41, 5.74) is -0.689. The van der Waals surface area contributed by atoms with Crippen LogP contribution in [0.1, 0.15) is 31.1 Å². The zero-order valence-electron chi connectivity index (χ0n) is 11.5. The molecule has 5 nitrogen and oxygen atoms in total. The third-order valence-electron chi connectivity index (χ3n) is 2.10. The SMILES string of the molecule is COC(=O)c1cc(F)c(Br)cc1NC(=O)OC(C)(C)C. The van der Waals surface area contributed by atoms with Crippen molar-refractivity contribution >= 4 is 33.7 Å². The van der Waals surface area contributed by atoms with Gasteiger partial charge in [0.05, 0.1) is 22.8 Å². The fourth-order valence-electron chi connectivity index (χ4n) is 1.34. The summed E-state index contributed by atoms with van der Waals surface area (Å²) in [7, 11) is 1.17. The van der Waals surface area contributed by atoms with Crippen molar-refractivity contribution in [2.75, 3.05) is 12.4 Å². The van der Waals surface area contributed by atoms with E-state index in [-0.39, 0.29) is 15.7 Å². The first-order chi connectivity index (χ1) is 9.14. The quantitative estimate of drug-likeness (QED) is 0.828. The molecule has 0 atom stereocenters. The van der Waals surface area contributed by atoms with Gasteiger partial charge in [0, 0.05) is 0 Å². The molecule has 0 radical (unpaired) electrons. The van der Waals surface area contributed by atoms with E-state index in [4.69, 9.17) is 4.74 Å². The maximum atomic E-state index is 13.5. The Morgan fingerprint density at radius 1 is 1.30 bits per heavy atom. The monoisotopic (exact) mass is 347 g/mol. The highest BCUT2D eigenvalue weighted by molar-refractivity contribution is 9.10. The third-order valence-corrected chi connectivity index (χ3v) is 2.71. The van der Waals surface area contributed by atoms with Crippen LogP contribution in [0, 0.1) is 5.82 Å². The molecule has 1 amide bonds. The van der Waals surface area contributed by atoms with Crippen LogP contribution in [0.3, 0.4) is 0 Å². The zero-order valence-corrected chi connectivity index (χ0v) is 13.1. The van der Waals surface area contributed by atoms with Crippen molar-refractivity contribution in [3.8, 4) is 0 Å². The molecule has 0 saturated heterocycles. The molecule has 0 bridgehead atoms. The molecule has 0 unspecified atom stereocenters. The summed E-state index contributed by atoms with van der Waals surface area (Å²) in [6, 6.07) is 2.24. The molecule has 20 heavy (non-hydrogen) atoms. The van der Waals surface area contributed by atoms with Crippen LogP contribution < -0.4 is 5.32 Å². The summed E-state index contributed by atoms with van der Waals surface area (Å²) >= 11 is 2.98. The lowest BCUT2D eigenvalue weighted by molar-refractivity contribution is 0.0601. The average Bonchev–Trinajstić information content (AvgIpc) is 2.30. The van der Waals surface area contributed by atoms with Crippen LogP contribution in [0.25, 0.3) is 0 Å². The standard InChI is InChI=1S/C13H15BrFNO4/c1-13(2,3)20-12(18)16-10-6-8(14)9(15)5-7(10)11(17)19-4/h5-6H,1-4H3,(H,16,18). The van der Waals surface area contributed by atoms with Gasteiger partial charge in [0.25, 0.3) is 0 Å². The van der Waals surface area contributed by atoms with Gasteiger partial charge in [0.2, 0.25) is 0 Å². The number of methoxy groups -OCH3 is 1. The second kappa shape index (κ2) is 6.21. The summed E-state index contributed by atoms with van der Waals surface area (Å²) in [4.78, 5) is 23.3. The van der Waals surface area contributed by atoms with Crippen LogP contribution in [0.4, 0.5) is 14.9 Å². The topological polar surface area (TPSA) is 64.6 Å². The number of anilines is 1. The highest BCUT2D eigenvalue weighted by Crippen LogP contribution is 2.26. The minimum Gasteiger partial charge on any atom is -0.465 e. The zero-order chi connectivity index (χ0) is 15.5. The van der Waals surface area contributed by atoms with E-state index in [1.54, 1.807) is 20.8 Å². The Hall–Kier alpha value is -1.63. The Balaban J connectivity index is 3.07. The first-order valence-electron chi connectivity index (χ1n) is 5.71. The Labute approximate surface area is 124 Å². The molecule has 0 aliphatic carbocycles. The van der Waals surface area contributed by atoms with Crippen molar-refractivity contribution in [3.05, 3.63) is 28.0 Å². The maximum absolute atomic E-state index is 13.5. The van der Waals surface area contributed by atoms with E-state index in [0.717, 1.165) is 6.07 Å². The van der Waals surface area contributed by atoms with Crippen molar-refractivity contribution in [2.45, 2.75) is 26.4 Å². The molecule has 0 aliphatic rings. The number of carbonyl (C=O) groups is 2. The molecular formula is C13H15BrFNO4. The van der Waals surface area contributed by atoms with Crippen molar-refractivity contribution in [1.29, 1.82) is 0 Å². The number of carbonyl (C=O) groups excluding carboxylic acids is 2. The minimum absolute atomic E-state index is 0.0966. The van der Waals surface area contributed by atoms with E-state index < -0.39 is 23.5 Å². The van der Waals surface area contributed by atoms with E-state index >= 15 is 0 Å². The average molecular weight is 348 g/mol. The molecule has 0 aliphatic heterocycles. The number of hydrogen-bond donors (Lipinski definition) is 1. The van der Waals surface area contributed by atoms with Gasteiger partial charge in [0.1, 0.15) is 11.4 Å². The number of amides is 1. The Bertz CT molecular complexity index is 540. The van der Waals surface area contributed by atoms with Crippen LogP contribution in [-0.4, -0.2) is 24.8 Å². The summed E-state index contributed by atoms with van der Waals surface area (Å²) in [6.45, 7) is 5.11. The number of benzene rings is 1. The van der Waals surface area contributed by atoms with E-state index in [1.807, 2.05) is 0 Å². The van der Waals surface area contributed by atoms with Gasteiger partial charge in [-0.25, -0.2) is 14.0 Å². The molecule has 0 aromatic heterocycles. The molecular weight excluding hydrogens is 333 g/mol. The van der Waals surface area contributed by atoms with Gasteiger partial charge in [-0.05, 0) is 48.8 Å². The highest BCUT2D eigenvalue weighted by atomic mass is 79.9. The number of ether oxygens (including phenoxy) is 2. The first kappa shape index (κ1) is 16.4. The van der Waals surface area contributed by atoms with Crippen LogP contribution >= 0.6 is 15.9 Å². The van der Waals surface area contributed by atoms with Gasteiger partial charge in [-0.1, -0.05) is 0 Å². The van der Waals surface area contributed by atoms with Crippen LogP contribution in [0.2, 0.25) is 0 Å². The Morgan fingerprint density at radius 2 is 1.90 bits per heavy atom. The van der Waals surface area contributed by atoms with Crippen molar-refractivity contribution in [3.63, 3.8) is 0 Å². The number of rotatable bonds is 2. The molecule has 0 heterocycles. The number of hydrogen-bond acceptors (Lipinski definition) is 4. The van der Waals surface area contributed by atoms with E-state index in [1.165, 1.54) is 13.2 Å². The van der Waals surface area contributed by atoms with Gasteiger partial charge in [-0.2, -0.15) is 0 Å². The summed E-state index contributed by atoms with van der Waals surface area (Å²) in [5, 5.41) is 2.39. The Kier molecular flexibility index (Phi) is 5.10. The lowest BCUT2D eigenvalue weighted by Crippen LogP contribution is -2.27. The summed E-state index contributed by atoms with van der Waals surface area (Å²) in [6.07, 6.45) is -0.749. The normalized spacial score (nSPS) is 10.9. The first-order valence-corrected chi connectivity index (χ1v) is 6.50. The van der Waals surface area contributed by atoms with Gasteiger partial charge >= 0.3 is 12.1 Å². The predicted molar refractivity (Wildman–Crippen MR) is 75.3 cm³/mol. The van der Waals surface area contributed by atoms with E-state index in [2.05, 4.69) is 26.0 Å². The molecule has 0 spiro atoms. The number of esters is 1. The van der Waals surface area contributed by atoms with Crippen LogP contribution in [-0.2, 0) is 9.47 Å². The van der Waals surface area contributed by atoms with Crippen LogP contribution in [0.5, 0.6) is 0 Å². The molecule has 0 saturated carbocycles. The van der Waals surface area contributed by atoms with Crippen LogP contribution in [0.15, 0.2) is 16.6 Å². The lowest BCUT2D eigenvalue weighted by Gasteiger charge is -2.20. The third kappa shape index (κ3) is 4.48. The van der Waals surface area contributed by atoms with Gasteiger partial charge in [0.15, 0.2) is 0 Å². The van der Waals surface area contributed by atoms with Gasteiger partial charge in [-0.3, -0.25) is 5.32 Å². The van der Waals surface area contributed by atoms with E-state index in [0.29, 0.717) is 0 Å². The molecule has 110 valence electrons. The van der Waals surface area contributed by atoms with Crippen molar-refractivity contribution in [2.24, 2.45) is 0 Å². The number of halogens is 2. The molecule has 1 N–H and O–H groups in total. The number of nitrogens with one attached hydrogen (secondary N) is 1. The molecule has 1 aromatic rings. The molecule has 7 heteroatoms.